The third kappa shape index (κ3) is 2.27. The molecule has 0 saturated carbocycles. The molecule has 1 aliphatic carbocycles. The van der Waals surface area contributed by atoms with Gasteiger partial charge in [-0.1, -0.05) is 0 Å². The van der Waals surface area contributed by atoms with Crippen molar-refractivity contribution >= 4 is 5.82 Å². The predicted molar refractivity (Wildman–Crippen MR) is 76.4 cm³/mol. The van der Waals surface area contributed by atoms with Gasteiger partial charge in [-0.3, -0.25) is 0 Å². The number of anilines is 1. The fourth-order valence-electron chi connectivity index (χ4n) is 2.85. The van der Waals surface area contributed by atoms with E-state index in [0.717, 1.165) is 30.7 Å². The second-order valence-corrected chi connectivity index (χ2v) is 5.13. The largest absolute Gasteiger partial charge is 0.467 e. The van der Waals surface area contributed by atoms with Gasteiger partial charge in [0.1, 0.15) is 17.6 Å². The molecule has 1 N–H and O–H groups in total. The number of nitrogens with zero attached hydrogens (tertiary/aromatic N) is 2. The zero-order valence-corrected chi connectivity index (χ0v) is 11.6. The number of aromatic nitrogens is 1. The monoisotopic (exact) mass is 267 g/mol. The molecule has 2 aromatic rings. The molecular weight excluding hydrogens is 250 g/mol. The number of furan rings is 1. The lowest BCUT2D eigenvalue weighted by Gasteiger charge is -2.21. The van der Waals surface area contributed by atoms with E-state index in [9.17, 15) is 5.26 Å². The molecular formula is C16H17N3O. The zero-order chi connectivity index (χ0) is 13.9. The molecule has 0 radical (unpaired) electrons. The van der Waals surface area contributed by atoms with Gasteiger partial charge in [0, 0.05) is 5.69 Å². The van der Waals surface area contributed by atoms with Crippen LogP contribution in [0.2, 0.25) is 0 Å². The second-order valence-electron chi connectivity index (χ2n) is 5.13. The smallest absolute Gasteiger partial charge is 0.144 e. The molecule has 0 amide bonds. The van der Waals surface area contributed by atoms with Crippen molar-refractivity contribution in [1.29, 1.82) is 5.26 Å². The van der Waals surface area contributed by atoms with Gasteiger partial charge in [-0.15, -0.1) is 0 Å². The molecule has 20 heavy (non-hydrogen) atoms. The van der Waals surface area contributed by atoms with E-state index in [4.69, 9.17) is 4.42 Å². The lowest BCUT2D eigenvalue weighted by Crippen LogP contribution is -2.13. The quantitative estimate of drug-likeness (QED) is 0.926. The molecule has 0 bridgehead atoms. The standard InChI is InChI=1S/C16H17N3O/c1-11-13-6-2-3-7-14(13)15(9-17)16(19-11)18-10-12-5-4-8-20-12/h4-5,8H,2-3,6-7,10H2,1H3,(H,18,19). The molecule has 0 spiro atoms. The molecule has 0 unspecified atom stereocenters. The molecule has 0 saturated heterocycles. The maximum atomic E-state index is 9.47. The van der Waals surface area contributed by atoms with Crippen molar-refractivity contribution in [2.24, 2.45) is 0 Å². The summed E-state index contributed by atoms with van der Waals surface area (Å²) in [5.41, 5.74) is 4.21. The Morgan fingerprint density at radius 3 is 2.85 bits per heavy atom. The third-order valence-corrected chi connectivity index (χ3v) is 3.84. The number of nitrogens with one attached hydrogen (secondary N) is 1. The molecule has 0 aliphatic heterocycles. The van der Waals surface area contributed by atoms with Crippen LogP contribution in [0.3, 0.4) is 0 Å². The molecule has 102 valence electrons. The summed E-state index contributed by atoms with van der Waals surface area (Å²) in [4.78, 5) is 4.58. The van der Waals surface area contributed by atoms with Crippen LogP contribution in [-0.2, 0) is 19.4 Å². The highest BCUT2D eigenvalue weighted by molar-refractivity contribution is 5.60. The van der Waals surface area contributed by atoms with Crippen molar-refractivity contribution < 1.29 is 4.42 Å². The van der Waals surface area contributed by atoms with Crippen molar-refractivity contribution in [1.82, 2.24) is 4.98 Å². The Balaban J connectivity index is 1.94. The number of hydrogen-bond donors (Lipinski definition) is 1. The van der Waals surface area contributed by atoms with E-state index < -0.39 is 0 Å². The zero-order valence-electron chi connectivity index (χ0n) is 11.6. The molecule has 3 rings (SSSR count). The van der Waals surface area contributed by atoms with Gasteiger partial charge in [0.05, 0.1) is 18.4 Å². The first-order valence-electron chi connectivity index (χ1n) is 6.98. The number of nitriles is 1. The summed E-state index contributed by atoms with van der Waals surface area (Å²) < 4.78 is 5.30. The fraction of sp³-hybridized carbons (Fsp3) is 0.375. The van der Waals surface area contributed by atoms with Crippen LogP contribution in [-0.4, -0.2) is 4.98 Å². The van der Waals surface area contributed by atoms with Gasteiger partial charge in [-0.25, -0.2) is 4.98 Å². The van der Waals surface area contributed by atoms with E-state index in [1.807, 2.05) is 19.1 Å². The van der Waals surface area contributed by atoms with Crippen molar-refractivity contribution in [3.05, 3.63) is 46.5 Å². The van der Waals surface area contributed by atoms with E-state index in [1.165, 1.54) is 17.5 Å². The third-order valence-electron chi connectivity index (χ3n) is 3.84. The van der Waals surface area contributed by atoms with Crippen LogP contribution in [0.5, 0.6) is 0 Å². The van der Waals surface area contributed by atoms with Crippen LogP contribution in [0.15, 0.2) is 22.8 Å². The topological polar surface area (TPSA) is 61.9 Å². The number of hydrogen-bond acceptors (Lipinski definition) is 4. The Morgan fingerprint density at radius 2 is 2.15 bits per heavy atom. The van der Waals surface area contributed by atoms with Gasteiger partial charge in [-0.2, -0.15) is 5.26 Å². The first-order valence-corrected chi connectivity index (χ1v) is 6.98. The number of pyridine rings is 1. The Kier molecular flexibility index (Phi) is 3.42. The summed E-state index contributed by atoms with van der Waals surface area (Å²) >= 11 is 0. The fourth-order valence-corrected chi connectivity index (χ4v) is 2.85. The average Bonchev–Trinajstić information content (AvgIpc) is 2.99. The minimum atomic E-state index is 0.549. The Labute approximate surface area is 118 Å². The molecule has 1 aliphatic rings. The Bertz CT molecular complexity index is 653. The predicted octanol–water partition coefficient (Wildman–Crippen LogP) is 3.35. The summed E-state index contributed by atoms with van der Waals surface area (Å²) in [5, 5.41) is 12.7. The lowest BCUT2D eigenvalue weighted by atomic mass is 9.88. The number of rotatable bonds is 3. The minimum absolute atomic E-state index is 0.549. The summed E-state index contributed by atoms with van der Waals surface area (Å²) in [7, 11) is 0. The number of fused-ring (bicyclic) bond motifs is 1. The van der Waals surface area contributed by atoms with Crippen molar-refractivity contribution in [2.45, 2.75) is 39.2 Å². The first-order chi connectivity index (χ1) is 9.79. The summed E-state index contributed by atoms with van der Waals surface area (Å²) in [6.45, 7) is 2.58. The van der Waals surface area contributed by atoms with E-state index >= 15 is 0 Å². The van der Waals surface area contributed by atoms with Gasteiger partial charge >= 0.3 is 0 Å². The maximum Gasteiger partial charge on any atom is 0.144 e. The molecule has 2 heterocycles. The highest BCUT2D eigenvalue weighted by Crippen LogP contribution is 2.30. The van der Waals surface area contributed by atoms with Crippen LogP contribution in [0.1, 0.15) is 41.0 Å². The highest BCUT2D eigenvalue weighted by Gasteiger charge is 2.20. The summed E-state index contributed by atoms with van der Waals surface area (Å²) in [5.74, 6) is 1.52. The maximum absolute atomic E-state index is 9.47. The van der Waals surface area contributed by atoms with Crippen LogP contribution in [0, 0.1) is 18.3 Å². The summed E-state index contributed by atoms with van der Waals surface area (Å²) in [6.07, 6.45) is 6.02. The number of aryl methyl sites for hydroxylation is 1. The molecule has 0 atom stereocenters. The van der Waals surface area contributed by atoms with Crippen molar-refractivity contribution in [3.63, 3.8) is 0 Å². The molecule has 4 nitrogen and oxygen atoms in total. The van der Waals surface area contributed by atoms with Gasteiger partial charge in [-0.05, 0) is 55.9 Å². The lowest BCUT2D eigenvalue weighted by molar-refractivity contribution is 0.517. The minimum Gasteiger partial charge on any atom is -0.467 e. The Morgan fingerprint density at radius 1 is 1.35 bits per heavy atom. The average molecular weight is 267 g/mol. The van der Waals surface area contributed by atoms with E-state index in [1.54, 1.807) is 6.26 Å². The van der Waals surface area contributed by atoms with Crippen LogP contribution < -0.4 is 5.32 Å². The van der Waals surface area contributed by atoms with Gasteiger partial charge in [0.15, 0.2) is 0 Å². The van der Waals surface area contributed by atoms with Crippen LogP contribution in [0.4, 0.5) is 5.82 Å². The van der Waals surface area contributed by atoms with E-state index in [0.29, 0.717) is 17.9 Å². The second kappa shape index (κ2) is 5.38. The van der Waals surface area contributed by atoms with Crippen LogP contribution >= 0.6 is 0 Å². The van der Waals surface area contributed by atoms with E-state index in [-0.39, 0.29) is 0 Å². The molecule has 0 aromatic carbocycles. The van der Waals surface area contributed by atoms with Crippen molar-refractivity contribution in [2.75, 3.05) is 5.32 Å². The molecule has 4 heteroatoms. The Hall–Kier alpha value is -2.28. The SMILES string of the molecule is Cc1nc(NCc2ccco2)c(C#N)c2c1CCCC2. The van der Waals surface area contributed by atoms with Gasteiger partial charge in [0.2, 0.25) is 0 Å². The molecule has 2 aromatic heterocycles. The van der Waals surface area contributed by atoms with Crippen molar-refractivity contribution in [3.8, 4) is 6.07 Å². The first kappa shape index (κ1) is 12.7. The highest BCUT2D eigenvalue weighted by atomic mass is 16.3. The van der Waals surface area contributed by atoms with E-state index in [2.05, 4.69) is 16.4 Å². The van der Waals surface area contributed by atoms with Crippen LogP contribution in [0.25, 0.3) is 0 Å². The van der Waals surface area contributed by atoms with Gasteiger partial charge < -0.3 is 9.73 Å². The molecule has 0 fully saturated rings. The summed E-state index contributed by atoms with van der Waals surface area (Å²) in [6, 6.07) is 6.09. The van der Waals surface area contributed by atoms with Gasteiger partial charge in [0.25, 0.3) is 0 Å². The normalized spacial score (nSPS) is 13.6.